The number of nitrogens with one attached hydrogen (secondary N) is 1. The molecule has 0 aliphatic carbocycles. The molecule has 5 nitrogen and oxygen atoms in total. The van der Waals surface area contributed by atoms with E-state index in [-0.39, 0.29) is 18.4 Å². The Morgan fingerprint density at radius 1 is 1.07 bits per heavy atom. The lowest BCUT2D eigenvalue weighted by molar-refractivity contribution is 0.0947. The molecule has 30 heavy (non-hydrogen) atoms. The molecular weight excluding hydrogens is 420 g/mol. The van der Waals surface area contributed by atoms with E-state index >= 15 is 0 Å². The van der Waals surface area contributed by atoms with Gasteiger partial charge >= 0.3 is 0 Å². The van der Waals surface area contributed by atoms with Gasteiger partial charge in [0.25, 0.3) is 11.8 Å². The number of amides is 2. The number of carbonyl (C=O) groups is 2. The Hall–Kier alpha value is -2.80. The van der Waals surface area contributed by atoms with Crippen molar-refractivity contribution in [1.82, 2.24) is 5.32 Å². The van der Waals surface area contributed by atoms with E-state index in [0.717, 1.165) is 5.56 Å². The number of fused-ring (bicyclic) bond motifs is 2. The van der Waals surface area contributed by atoms with E-state index in [1.54, 1.807) is 53.4 Å². The molecule has 0 saturated carbocycles. The zero-order valence-electron chi connectivity index (χ0n) is 16.2. The van der Waals surface area contributed by atoms with Crippen LogP contribution in [-0.2, 0) is 17.7 Å². The predicted octanol–water partition coefficient (Wildman–Crippen LogP) is 4.42. The van der Waals surface area contributed by atoms with Crippen molar-refractivity contribution in [3.8, 4) is 0 Å². The van der Waals surface area contributed by atoms with E-state index in [4.69, 9.17) is 11.6 Å². The van der Waals surface area contributed by atoms with Crippen LogP contribution in [0.4, 0.5) is 5.69 Å². The van der Waals surface area contributed by atoms with Crippen LogP contribution in [0.5, 0.6) is 0 Å². The van der Waals surface area contributed by atoms with Gasteiger partial charge in [-0.1, -0.05) is 41.9 Å². The van der Waals surface area contributed by atoms with Crippen molar-refractivity contribution < 1.29 is 14.1 Å². The molecule has 1 unspecified atom stereocenters. The van der Waals surface area contributed by atoms with Gasteiger partial charge in [-0.15, -0.1) is 0 Å². The quantitative estimate of drug-likeness (QED) is 0.613. The van der Waals surface area contributed by atoms with Crippen LogP contribution in [-0.4, -0.2) is 22.9 Å². The molecule has 0 bridgehead atoms. The highest BCUT2D eigenvalue weighted by Crippen LogP contribution is 2.37. The number of nitrogens with zero attached hydrogens (tertiary/aromatic N) is 1. The molecule has 1 aliphatic heterocycles. The molecule has 2 amide bonds. The number of rotatable bonds is 4. The molecule has 4 rings (SSSR count). The zero-order valence-corrected chi connectivity index (χ0v) is 17.8. The number of halogens is 1. The van der Waals surface area contributed by atoms with E-state index in [1.165, 1.54) is 0 Å². The van der Waals surface area contributed by atoms with E-state index in [0.29, 0.717) is 38.2 Å². The first-order valence-corrected chi connectivity index (χ1v) is 11.0. The number of hydrogen-bond acceptors (Lipinski definition) is 3. The summed E-state index contributed by atoms with van der Waals surface area (Å²) in [5, 5.41) is 3.43. The summed E-state index contributed by atoms with van der Waals surface area (Å²) < 4.78 is 13.2. The standard InChI is InChI=1S/C23H19ClN2O3S/c1-2-26-19-13-15(22(27)25-14-16-7-3-5-9-18(16)24)11-12-21(19)30(29)20-10-6-4-8-17(20)23(26)28/h3-13H,2,14H2,1H3,(H,25,27). The SMILES string of the molecule is CCN1C(=O)c2ccccc2[S+]([O-])c2ccc(C(=O)NCc3ccccc3Cl)cc21. The van der Waals surface area contributed by atoms with Crippen LogP contribution >= 0.6 is 11.6 Å². The number of hydrogen-bond donors (Lipinski definition) is 1. The molecule has 0 aromatic heterocycles. The lowest BCUT2D eigenvalue weighted by Gasteiger charge is -2.20. The van der Waals surface area contributed by atoms with Crippen LogP contribution in [0.2, 0.25) is 5.02 Å². The van der Waals surface area contributed by atoms with Crippen LogP contribution < -0.4 is 10.2 Å². The van der Waals surface area contributed by atoms with E-state index in [9.17, 15) is 14.1 Å². The first-order chi connectivity index (χ1) is 14.5. The van der Waals surface area contributed by atoms with Gasteiger partial charge in [-0.05, 0) is 48.9 Å². The normalized spacial score (nSPS) is 15.2. The molecule has 0 radical (unpaired) electrons. The maximum atomic E-state index is 13.2. The van der Waals surface area contributed by atoms with Crippen LogP contribution in [0.25, 0.3) is 0 Å². The fraction of sp³-hybridized carbons (Fsp3) is 0.130. The summed E-state index contributed by atoms with van der Waals surface area (Å²) in [7, 11) is 0. The molecule has 3 aromatic rings. The number of anilines is 1. The van der Waals surface area contributed by atoms with Crippen LogP contribution in [0.3, 0.4) is 0 Å². The Bertz CT molecular complexity index is 1130. The fourth-order valence-corrected chi connectivity index (χ4v) is 4.99. The van der Waals surface area contributed by atoms with Crippen LogP contribution in [0.15, 0.2) is 76.5 Å². The van der Waals surface area contributed by atoms with Gasteiger partial charge in [0.2, 0.25) is 0 Å². The summed E-state index contributed by atoms with van der Waals surface area (Å²) in [6, 6.07) is 19.1. The van der Waals surface area contributed by atoms with Crippen molar-refractivity contribution in [2.45, 2.75) is 23.3 Å². The molecule has 0 spiro atoms. The summed E-state index contributed by atoms with van der Waals surface area (Å²) in [6.07, 6.45) is 0. The molecule has 0 fully saturated rings. The topological polar surface area (TPSA) is 72.5 Å². The monoisotopic (exact) mass is 438 g/mol. The highest BCUT2D eigenvalue weighted by atomic mass is 35.5. The summed E-state index contributed by atoms with van der Waals surface area (Å²) in [6.45, 7) is 2.52. The summed E-state index contributed by atoms with van der Waals surface area (Å²) in [5.74, 6) is -0.525. The Labute approximate surface area is 182 Å². The van der Waals surface area contributed by atoms with Gasteiger partial charge in [0.1, 0.15) is 5.69 Å². The van der Waals surface area contributed by atoms with E-state index < -0.39 is 11.2 Å². The molecule has 1 atom stereocenters. The zero-order chi connectivity index (χ0) is 21.3. The van der Waals surface area contributed by atoms with Crippen molar-refractivity contribution in [2.24, 2.45) is 0 Å². The van der Waals surface area contributed by atoms with Gasteiger partial charge in [-0.25, -0.2) is 0 Å². The minimum atomic E-state index is -1.52. The Kier molecular flexibility index (Phi) is 5.81. The average Bonchev–Trinajstić information content (AvgIpc) is 2.86. The third-order valence-electron chi connectivity index (χ3n) is 4.99. The van der Waals surface area contributed by atoms with Crippen LogP contribution in [0.1, 0.15) is 33.2 Å². The fourth-order valence-electron chi connectivity index (χ4n) is 3.44. The van der Waals surface area contributed by atoms with Crippen molar-refractivity contribution in [3.05, 3.63) is 88.4 Å². The Morgan fingerprint density at radius 3 is 2.57 bits per heavy atom. The second-order valence-electron chi connectivity index (χ2n) is 6.77. The smallest absolute Gasteiger partial charge is 0.263 e. The lowest BCUT2D eigenvalue weighted by Crippen LogP contribution is -2.31. The summed E-state index contributed by atoms with van der Waals surface area (Å²) >= 11 is 4.63. The third-order valence-corrected chi connectivity index (χ3v) is 6.86. The van der Waals surface area contributed by atoms with Crippen molar-refractivity contribution >= 4 is 40.3 Å². The third kappa shape index (κ3) is 3.69. The molecular formula is C23H19ClN2O3S. The second kappa shape index (κ2) is 8.52. The first-order valence-electron chi connectivity index (χ1n) is 9.49. The van der Waals surface area contributed by atoms with Gasteiger partial charge in [0, 0.05) is 34.9 Å². The maximum absolute atomic E-state index is 13.2. The maximum Gasteiger partial charge on any atom is 0.263 e. The number of benzene rings is 3. The van der Waals surface area contributed by atoms with Gasteiger partial charge in [0.05, 0.1) is 5.56 Å². The summed E-state index contributed by atoms with van der Waals surface area (Å²) in [5.41, 5.74) is 2.10. The highest BCUT2D eigenvalue weighted by molar-refractivity contribution is 7.91. The van der Waals surface area contributed by atoms with Crippen LogP contribution in [0, 0.1) is 0 Å². The largest absolute Gasteiger partial charge is 0.606 e. The lowest BCUT2D eigenvalue weighted by atomic mass is 10.1. The van der Waals surface area contributed by atoms with Gasteiger partial charge < -0.3 is 14.8 Å². The highest BCUT2D eigenvalue weighted by Gasteiger charge is 2.35. The molecule has 152 valence electrons. The second-order valence-corrected chi connectivity index (χ2v) is 8.60. The van der Waals surface area contributed by atoms with Crippen molar-refractivity contribution in [3.63, 3.8) is 0 Å². The molecule has 1 aliphatic rings. The molecule has 3 aromatic carbocycles. The molecule has 1 N–H and O–H groups in total. The minimum absolute atomic E-state index is 0.228. The van der Waals surface area contributed by atoms with Crippen molar-refractivity contribution in [2.75, 3.05) is 11.4 Å². The first kappa shape index (κ1) is 20.5. The molecule has 7 heteroatoms. The summed E-state index contributed by atoms with van der Waals surface area (Å²) in [4.78, 5) is 28.4. The Morgan fingerprint density at radius 2 is 1.80 bits per heavy atom. The van der Waals surface area contributed by atoms with Crippen molar-refractivity contribution in [1.29, 1.82) is 0 Å². The average molecular weight is 439 g/mol. The van der Waals surface area contributed by atoms with E-state index in [1.807, 2.05) is 25.1 Å². The van der Waals surface area contributed by atoms with Gasteiger partial charge in [0.15, 0.2) is 9.79 Å². The molecule has 0 saturated heterocycles. The predicted molar refractivity (Wildman–Crippen MR) is 118 cm³/mol. The van der Waals surface area contributed by atoms with Gasteiger partial charge in [-0.2, -0.15) is 0 Å². The van der Waals surface area contributed by atoms with Gasteiger partial charge in [-0.3, -0.25) is 9.59 Å². The molecule has 1 heterocycles. The minimum Gasteiger partial charge on any atom is -0.606 e. The number of carbonyl (C=O) groups excluding carboxylic acids is 2. The Balaban J connectivity index is 1.67. The van der Waals surface area contributed by atoms with E-state index in [2.05, 4.69) is 5.32 Å².